The van der Waals surface area contributed by atoms with E-state index in [1.54, 1.807) is 0 Å². The van der Waals surface area contributed by atoms with Gasteiger partial charge in [-0.05, 0) is 25.0 Å². The van der Waals surface area contributed by atoms with Crippen LogP contribution in [-0.4, -0.2) is 59.5 Å². The molecule has 0 saturated carbocycles. The first-order valence-corrected chi connectivity index (χ1v) is 7.24. The van der Waals surface area contributed by atoms with Gasteiger partial charge in [-0.1, -0.05) is 23.8 Å². The molecule has 5 nitrogen and oxygen atoms in total. The number of piperazine rings is 1. The van der Waals surface area contributed by atoms with Crippen LogP contribution in [0.25, 0.3) is 0 Å². The molecule has 1 saturated heterocycles. The van der Waals surface area contributed by atoms with Crippen LogP contribution in [0.5, 0.6) is 0 Å². The molecular formula is C16H22N2O3. The fourth-order valence-electron chi connectivity index (χ4n) is 2.61. The monoisotopic (exact) mass is 290 g/mol. The predicted molar refractivity (Wildman–Crippen MR) is 80.3 cm³/mol. The van der Waals surface area contributed by atoms with Crippen molar-refractivity contribution < 1.29 is 14.7 Å². The predicted octanol–water partition coefficient (Wildman–Crippen LogP) is 1.07. The summed E-state index contributed by atoms with van der Waals surface area (Å²) in [5.74, 6) is -0.691. The number of hydrogen-bond acceptors (Lipinski definition) is 3. The Kier molecular flexibility index (Phi) is 4.96. The molecule has 0 bridgehead atoms. The average Bonchev–Trinajstić information content (AvgIpc) is 2.43. The summed E-state index contributed by atoms with van der Waals surface area (Å²) < 4.78 is 0. The van der Waals surface area contributed by atoms with Crippen molar-refractivity contribution in [1.29, 1.82) is 0 Å². The first-order valence-electron chi connectivity index (χ1n) is 7.24. The molecule has 0 spiro atoms. The minimum absolute atomic E-state index is 0.0546. The van der Waals surface area contributed by atoms with Gasteiger partial charge < -0.3 is 10.0 Å². The molecule has 0 aliphatic carbocycles. The summed E-state index contributed by atoms with van der Waals surface area (Å²) in [6, 6.07) is 6.16. The molecule has 1 aromatic carbocycles. The summed E-state index contributed by atoms with van der Waals surface area (Å²) in [7, 11) is 0. The van der Waals surface area contributed by atoms with Crippen LogP contribution in [0.15, 0.2) is 18.2 Å². The number of carbonyl (C=O) groups excluding carboxylic acids is 1. The Morgan fingerprint density at radius 1 is 1.14 bits per heavy atom. The van der Waals surface area contributed by atoms with Crippen LogP contribution in [0.2, 0.25) is 0 Å². The largest absolute Gasteiger partial charge is 0.480 e. The quantitative estimate of drug-likeness (QED) is 0.901. The Bertz CT molecular complexity index is 534. The molecule has 1 N–H and O–H groups in total. The zero-order valence-corrected chi connectivity index (χ0v) is 12.6. The van der Waals surface area contributed by atoms with Gasteiger partial charge in [-0.3, -0.25) is 14.5 Å². The van der Waals surface area contributed by atoms with Gasteiger partial charge >= 0.3 is 5.97 Å². The minimum atomic E-state index is -0.815. The maximum absolute atomic E-state index is 12.4. The number of carboxylic acid groups (broad SMARTS) is 1. The van der Waals surface area contributed by atoms with E-state index in [1.807, 2.05) is 35.8 Å². The summed E-state index contributed by atoms with van der Waals surface area (Å²) in [6.07, 6.45) is 0.423. The van der Waals surface area contributed by atoms with Crippen LogP contribution in [-0.2, 0) is 16.0 Å². The summed E-state index contributed by atoms with van der Waals surface area (Å²) in [5, 5.41) is 8.77. The number of aliphatic carboxylic acids is 1. The molecular weight excluding hydrogens is 268 g/mol. The fourth-order valence-corrected chi connectivity index (χ4v) is 2.61. The lowest BCUT2D eigenvalue weighted by Gasteiger charge is -2.34. The molecule has 1 aliphatic heterocycles. The van der Waals surface area contributed by atoms with E-state index < -0.39 is 5.97 Å². The second-order valence-electron chi connectivity index (χ2n) is 5.66. The van der Waals surface area contributed by atoms with Gasteiger partial charge in [-0.25, -0.2) is 0 Å². The summed E-state index contributed by atoms with van der Waals surface area (Å²) >= 11 is 0. The highest BCUT2D eigenvalue weighted by atomic mass is 16.4. The van der Waals surface area contributed by atoms with Gasteiger partial charge in [-0.2, -0.15) is 0 Å². The van der Waals surface area contributed by atoms with Crippen molar-refractivity contribution in [2.24, 2.45) is 0 Å². The molecule has 1 heterocycles. The molecule has 114 valence electrons. The van der Waals surface area contributed by atoms with Crippen molar-refractivity contribution in [1.82, 2.24) is 9.80 Å². The third-order valence-corrected chi connectivity index (χ3v) is 3.93. The van der Waals surface area contributed by atoms with E-state index >= 15 is 0 Å². The minimum Gasteiger partial charge on any atom is -0.480 e. The second-order valence-corrected chi connectivity index (χ2v) is 5.66. The standard InChI is InChI=1S/C16H22N2O3/c1-12-3-4-13(2)14(9-12)10-15(19)18-7-5-17(6-8-18)11-16(20)21/h3-4,9H,5-8,10-11H2,1-2H3,(H,20,21). The van der Waals surface area contributed by atoms with E-state index in [2.05, 4.69) is 6.07 Å². The summed E-state index contributed by atoms with van der Waals surface area (Å²) in [6.45, 7) is 6.58. The molecule has 0 radical (unpaired) electrons. The van der Waals surface area contributed by atoms with Crippen LogP contribution >= 0.6 is 0 Å². The molecule has 1 aliphatic rings. The van der Waals surface area contributed by atoms with E-state index in [1.165, 1.54) is 0 Å². The van der Waals surface area contributed by atoms with E-state index in [0.717, 1.165) is 16.7 Å². The third kappa shape index (κ3) is 4.29. The zero-order chi connectivity index (χ0) is 15.4. The molecule has 0 unspecified atom stereocenters. The lowest BCUT2D eigenvalue weighted by Crippen LogP contribution is -2.50. The number of amides is 1. The van der Waals surface area contributed by atoms with Crippen molar-refractivity contribution in [3.63, 3.8) is 0 Å². The molecule has 5 heteroatoms. The Hall–Kier alpha value is -1.88. The smallest absolute Gasteiger partial charge is 0.317 e. The fraction of sp³-hybridized carbons (Fsp3) is 0.500. The Morgan fingerprint density at radius 2 is 1.81 bits per heavy atom. The van der Waals surface area contributed by atoms with E-state index in [9.17, 15) is 9.59 Å². The molecule has 0 atom stereocenters. The average molecular weight is 290 g/mol. The van der Waals surface area contributed by atoms with Gasteiger partial charge in [0.05, 0.1) is 13.0 Å². The zero-order valence-electron chi connectivity index (χ0n) is 12.6. The van der Waals surface area contributed by atoms with Crippen LogP contribution in [0.4, 0.5) is 0 Å². The summed E-state index contributed by atoms with van der Waals surface area (Å²) in [5.41, 5.74) is 3.38. The number of carboxylic acids is 1. The maximum Gasteiger partial charge on any atom is 0.317 e. The number of carbonyl (C=O) groups is 2. The van der Waals surface area contributed by atoms with Gasteiger partial charge in [-0.15, -0.1) is 0 Å². The van der Waals surface area contributed by atoms with Crippen LogP contribution in [0.1, 0.15) is 16.7 Å². The highest BCUT2D eigenvalue weighted by Crippen LogP contribution is 2.13. The maximum atomic E-state index is 12.4. The van der Waals surface area contributed by atoms with Crippen LogP contribution in [0.3, 0.4) is 0 Å². The SMILES string of the molecule is Cc1ccc(C)c(CC(=O)N2CCN(CC(=O)O)CC2)c1. The van der Waals surface area contributed by atoms with E-state index in [4.69, 9.17) is 5.11 Å². The normalized spacial score (nSPS) is 16.0. The van der Waals surface area contributed by atoms with Gasteiger partial charge in [0.1, 0.15) is 0 Å². The summed E-state index contributed by atoms with van der Waals surface area (Å²) in [4.78, 5) is 26.7. The lowest BCUT2D eigenvalue weighted by molar-refractivity contribution is -0.139. The molecule has 1 fully saturated rings. The topological polar surface area (TPSA) is 60.9 Å². The van der Waals surface area contributed by atoms with Gasteiger partial charge in [0.15, 0.2) is 0 Å². The van der Waals surface area contributed by atoms with Crippen molar-refractivity contribution in [2.75, 3.05) is 32.7 Å². The number of rotatable bonds is 4. The van der Waals surface area contributed by atoms with Crippen LogP contribution < -0.4 is 0 Å². The number of nitrogens with zero attached hydrogens (tertiary/aromatic N) is 2. The van der Waals surface area contributed by atoms with Crippen molar-refractivity contribution in [2.45, 2.75) is 20.3 Å². The first-order chi connectivity index (χ1) is 9.95. The van der Waals surface area contributed by atoms with Gasteiger partial charge in [0.2, 0.25) is 5.91 Å². The van der Waals surface area contributed by atoms with Crippen molar-refractivity contribution >= 4 is 11.9 Å². The highest BCUT2D eigenvalue weighted by molar-refractivity contribution is 5.79. The number of hydrogen-bond donors (Lipinski definition) is 1. The number of benzene rings is 1. The highest BCUT2D eigenvalue weighted by Gasteiger charge is 2.22. The lowest BCUT2D eigenvalue weighted by atomic mass is 10.0. The Balaban J connectivity index is 1.90. The van der Waals surface area contributed by atoms with Crippen molar-refractivity contribution in [3.05, 3.63) is 34.9 Å². The first kappa shape index (κ1) is 15.5. The van der Waals surface area contributed by atoms with Crippen LogP contribution in [0, 0.1) is 13.8 Å². The molecule has 1 aromatic rings. The molecule has 0 aromatic heterocycles. The van der Waals surface area contributed by atoms with Gasteiger partial charge in [0.25, 0.3) is 0 Å². The van der Waals surface area contributed by atoms with E-state index in [-0.39, 0.29) is 12.5 Å². The molecule has 1 amide bonds. The van der Waals surface area contributed by atoms with Crippen molar-refractivity contribution in [3.8, 4) is 0 Å². The molecule has 21 heavy (non-hydrogen) atoms. The Morgan fingerprint density at radius 3 is 2.43 bits per heavy atom. The second kappa shape index (κ2) is 6.72. The molecule has 2 rings (SSSR count). The Labute approximate surface area is 125 Å². The van der Waals surface area contributed by atoms with Gasteiger partial charge in [0, 0.05) is 26.2 Å². The number of aryl methyl sites for hydroxylation is 2. The van der Waals surface area contributed by atoms with E-state index in [0.29, 0.717) is 32.6 Å². The third-order valence-electron chi connectivity index (χ3n) is 3.93.